The van der Waals surface area contributed by atoms with Crippen LogP contribution in [0.2, 0.25) is 0 Å². The van der Waals surface area contributed by atoms with Crippen LogP contribution in [-0.4, -0.2) is 47.0 Å². The first-order chi connectivity index (χ1) is 18.2. The number of sulfonamides is 1. The van der Waals surface area contributed by atoms with Gasteiger partial charge in [0.25, 0.3) is 5.92 Å². The summed E-state index contributed by atoms with van der Waals surface area (Å²) in [5, 5.41) is 0. The molecular weight excluding hydrogens is 555 g/mol. The maximum absolute atomic E-state index is 14.4. The number of Topliss-reactive ketones (excluding diaryl/α,β-unsaturated/α-hetero) is 1. The lowest BCUT2D eigenvalue weighted by Crippen LogP contribution is -2.46. The molecule has 2 aliphatic rings. The Balaban J connectivity index is 1.35. The molecule has 1 aliphatic carbocycles. The van der Waals surface area contributed by atoms with Crippen LogP contribution < -0.4 is 0 Å². The van der Waals surface area contributed by atoms with Gasteiger partial charge >= 0.3 is 6.18 Å². The quantitative estimate of drug-likeness (QED) is 0.376. The summed E-state index contributed by atoms with van der Waals surface area (Å²) in [5.41, 5.74) is 0.162. The second kappa shape index (κ2) is 9.37. The van der Waals surface area contributed by atoms with Gasteiger partial charge in [0.1, 0.15) is 11.6 Å². The fourth-order valence-corrected chi connectivity index (χ4v) is 6.55. The first-order valence-corrected chi connectivity index (χ1v) is 13.0. The molecule has 1 saturated carbocycles. The van der Waals surface area contributed by atoms with E-state index >= 15 is 0 Å². The molecule has 0 spiro atoms. The molecule has 2 heterocycles. The van der Waals surface area contributed by atoms with E-state index in [1.54, 1.807) is 0 Å². The van der Waals surface area contributed by atoms with Crippen molar-refractivity contribution in [2.24, 2.45) is 11.8 Å². The average Bonchev–Trinajstić information content (AvgIpc) is 3.20. The highest BCUT2D eigenvalue weighted by Crippen LogP contribution is 2.63. The van der Waals surface area contributed by atoms with E-state index < -0.39 is 69.8 Å². The molecule has 3 atom stereocenters. The van der Waals surface area contributed by atoms with E-state index in [2.05, 4.69) is 9.97 Å². The highest BCUT2D eigenvalue weighted by Gasteiger charge is 2.78. The molecule has 2 aromatic carbocycles. The van der Waals surface area contributed by atoms with Gasteiger partial charge in [-0.15, -0.1) is 0 Å². The molecule has 1 aliphatic heterocycles. The largest absolute Gasteiger partial charge is 0.451 e. The number of alkyl halides is 5. The Morgan fingerprint density at radius 1 is 1.03 bits per heavy atom. The number of benzene rings is 2. The van der Waals surface area contributed by atoms with Crippen LogP contribution in [0.5, 0.6) is 0 Å². The number of hydrogen-bond donors (Lipinski definition) is 0. The molecule has 14 heteroatoms. The summed E-state index contributed by atoms with van der Waals surface area (Å²) in [6, 6.07) is 5.75. The molecule has 3 aromatic rings. The number of rotatable bonds is 7. The normalized spacial score (nSPS) is 22.5. The Morgan fingerprint density at radius 3 is 2.28 bits per heavy atom. The van der Waals surface area contributed by atoms with Gasteiger partial charge in [-0.25, -0.2) is 35.9 Å². The van der Waals surface area contributed by atoms with Crippen molar-refractivity contribution in [2.45, 2.75) is 35.9 Å². The maximum Gasteiger partial charge on any atom is 0.451 e. The van der Waals surface area contributed by atoms with Crippen LogP contribution in [0, 0.1) is 23.5 Å². The van der Waals surface area contributed by atoms with Crippen LogP contribution in [0.15, 0.2) is 59.8 Å². The van der Waals surface area contributed by atoms with Gasteiger partial charge < -0.3 is 0 Å². The monoisotopic (exact) mass is 573 g/mol. The van der Waals surface area contributed by atoms with E-state index in [1.165, 1.54) is 12.1 Å². The standard InChI is InChI=1S/C25H18F7N3O3S/c26-15-3-5-16(6-4-15)39(37,38)35-12-18-21(24(18,28)29)22(35)20(36)8-2-13-1-7-19(27)17(9-13)14-10-33-23(34-11-14)25(30,31)32/h1,3-7,9-11,18,21-22H,2,8,12H2/t18-,21-,22+/m0/s1. The summed E-state index contributed by atoms with van der Waals surface area (Å²) in [6.45, 7) is -0.567. The number of aryl methyl sites for hydroxylation is 1. The summed E-state index contributed by atoms with van der Waals surface area (Å²) in [5.74, 6) is -9.68. The van der Waals surface area contributed by atoms with E-state index in [9.17, 15) is 43.9 Å². The van der Waals surface area contributed by atoms with Gasteiger partial charge in [-0.05, 0) is 48.4 Å². The van der Waals surface area contributed by atoms with Crippen molar-refractivity contribution in [3.63, 3.8) is 0 Å². The fraction of sp³-hybridized carbons (Fsp3) is 0.320. The third kappa shape index (κ3) is 4.91. The topological polar surface area (TPSA) is 80.2 Å². The number of piperidine rings is 1. The van der Waals surface area contributed by atoms with Gasteiger partial charge in [-0.2, -0.15) is 17.5 Å². The minimum Gasteiger partial charge on any atom is -0.298 e. The van der Waals surface area contributed by atoms with Gasteiger partial charge in [-0.3, -0.25) is 4.79 Å². The van der Waals surface area contributed by atoms with E-state index in [4.69, 9.17) is 0 Å². The Hall–Kier alpha value is -3.39. The Kier molecular flexibility index (Phi) is 6.53. The predicted octanol–water partition coefficient (Wildman–Crippen LogP) is 4.90. The van der Waals surface area contributed by atoms with Crippen molar-refractivity contribution in [1.82, 2.24) is 14.3 Å². The van der Waals surface area contributed by atoms with Gasteiger partial charge in [-0.1, -0.05) is 6.07 Å². The van der Waals surface area contributed by atoms with Gasteiger partial charge in [0.15, 0.2) is 5.78 Å². The van der Waals surface area contributed by atoms with Gasteiger partial charge in [0.2, 0.25) is 15.8 Å². The highest BCUT2D eigenvalue weighted by molar-refractivity contribution is 7.89. The third-order valence-electron chi connectivity index (χ3n) is 6.95. The molecule has 0 unspecified atom stereocenters. The van der Waals surface area contributed by atoms with E-state index in [1.807, 2.05) is 0 Å². The van der Waals surface area contributed by atoms with Gasteiger partial charge in [0, 0.05) is 42.4 Å². The molecule has 5 rings (SSSR count). The average molecular weight is 573 g/mol. The first kappa shape index (κ1) is 27.2. The summed E-state index contributed by atoms with van der Waals surface area (Å²) in [6.07, 6.45) is -3.63. The molecule has 0 amide bonds. The first-order valence-electron chi connectivity index (χ1n) is 11.6. The molecule has 2 fully saturated rings. The van der Waals surface area contributed by atoms with Crippen molar-refractivity contribution in [3.05, 3.63) is 77.9 Å². The number of carbonyl (C=O) groups excluding carboxylic acids is 1. The number of nitrogens with zero attached hydrogens (tertiary/aromatic N) is 3. The molecule has 1 aromatic heterocycles. The van der Waals surface area contributed by atoms with Crippen molar-refractivity contribution in [3.8, 4) is 11.1 Å². The molecule has 0 N–H and O–H groups in total. The van der Waals surface area contributed by atoms with Crippen LogP contribution in [0.4, 0.5) is 30.7 Å². The lowest BCUT2D eigenvalue weighted by atomic mass is 9.98. The van der Waals surface area contributed by atoms with E-state index in [-0.39, 0.29) is 28.9 Å². The zero-order valence-corrected chi connectivity index (χ0v) is 20.5. The van der Waals surface area contributed by atoms with Crippen LogP contribution in [0.1, 0.15) is 17.8 Å². The van der Waals surface area contributed by atoms with Crippen LogP contribution in [0.25, 0.3) is 11.1 Å². The Labute approximate surface area is 217 Å². The zero-order chi connectivity index (χ0) is 28.3. The molecule has 206 valence electrons. The fourth-order valence-electron chi connectivity index (χ4n) is 4.90. The number of aromatic nitrogens is 2. The predicted molar refractivity (Wildman–Crippen MR) is 122 cm³/mol. The molecule has 0 bridgehead atoms. The Bertz CT molecular complexity index is 1530. The number of fused-ring (bicyclic) bond motifs is 1. The maximum atomic E-state index is 14.4. The molecular formula is C25H18F7N3O3S. The minimum atomic E-state index is -4.78. The number of halogens is 7. The number of carbonyl (C=O) groups is 1. The molecule has 39 heavy (non-hydrogen) atoms. The number of ketones is 1. The van der Waals surface area contributed by atoms with Crippen molar-refractivity contribution in [1.29, 1.82) is 0 Å². The summed E-state index contributed by atoms with van der Waals surface area (Å²) >= 11 is 0. The summed E-state index contributed by atoms with van der Waals surface area (Å²) in [4.78, 5) is 19.2. The SMILES string of the molecule is O=C(CCc1ccc(F)c(-c2cnc(C(F)(F)F)nc2)c1)[C@@H]1[C@@H]2[C@H](CN1S(=O)(=O)c1ccc(F)cc1)C2(F)F. The molecule has 6 nitrogen and oxygen atoms in total. The minimum absolute atomic E-state index is 0.0542. The van der Waals surface area contributed by atoms with E-state index in [0.717, 1.165) is 47.0 Å². The Morgan fingerprint density at radius 2 is 1.67 bits per heavy atom. The van der Waals surface area contributed by atoms with Crippen molar-refractivity contribution < 1.29 is 43.9 Å². The summed E-state index contributed by atoms with van der Waals surface area (Å²) in [7, 11) is -4.38. The van der Waals surface area contributed by atoms with Crippen molar-refractivity contribution in [2.75, 3.05) is 6.54 Å². The second-order valence-corrected chi connectivity index (χ2v) is 11.2. The molecule has 0 radical (unpaired) electrons. The van der Waals surface area contributed by atoms with Crippen LogP contribution in [-0.2, 0) is 27.4 Å². The smallest absolute Gasteiger partial charge is 0.298 e. The van der Waals surface area contributed by atoms with Gasteiger partial charge in [0.05, 0.1) is 16.9 Å². The number of hydrogen-bond acceptors (Lipinski definition) is 5. The highest BCUT2D eigenvalue weighted by atomic mass is 32.2. The summed E-state index contributed by atoms with van der Waals surface area (Å²) < 4.78 is 121. The molecule has 1 saturated heterocycles. The van der Waals surface area contributed by atoms with Crippen LogP contribution in [0.3, 0.4) is 0 Å². The lowest BCUT2D eigenvalue weighted by molar-refractivity contribution is -0.145. The van der Waals surface area contributed by atoms with E-state index in [0.29, 0.717) is 5.56 Å². The third-order valence-corrected chi connectivity index (χ3v) is 8.81. The second-order valence-electron chi connectivity index (χ2n) is 9.35. The van der Waals surface area contributed by atoms with Crippen molar-refractivity contribution >= 4 is 15.8 Å². The lowest BCUT2D eigenvalue weighted by Gasteiger charge is -2.27. The zero-order valence-electron chi connectivity index (χ0n) is 19.7. The van der Waals surface area contributed by atoms with Crippen LogP contribution >= 0.6 is 0 Å².